The Morgan fingerprint density at radius 2 is 2.07 bits per heavy atom. The molecule has 138 valence electrons. The lowest BCUT2D eigenvalue weighted by molar-refractivity contribution is 0.477. The number of likely N-dealkylation sites (N-methyl/N-ethyl adjacent to an activating group) is 1. The predicted molar refractivity (Wildman–Crippen MR) is 110 cm³/mol. The number of aromatic nitrogens is 4. The van der Waals surface area contributed by atoms with Crippen LogP contribution in [-0.4, -0.2) is 51.5 Å². The van der Waals surface area contributed by atoms with Crippen molar-refractivity contribution in [3.05, 3.63) is 30.6 Å². The second-order valence-corrected chi connectivity index (χ2v) is 8.54. The molecule has 1 saturated heterocycles. The van der Waals surface area contributed by atoms with E-state index in [1.807, 2.05) is 12.1 Å². The van der Waals surface area contributed by atoms with Gasteiger partial charge in [-0.25, -0.2) is 9.97 Å². The van der Waals surface area contributed by atoms with E-state index < -0.39 is 0 Å². The summed E-state index contributed by atoms with van der Waals surface area (Å²) in [6.07, 6.45) is 4.67. The third-order valence-electron chi connectivity index (χ3n) is 4.91. The van der Waals surface area contributed by atoms with Gasteiger partial charge in [0, 0.05) is 31.4 Å². The second-order valence-electron chi connectivity index (χ2n) is 6.60. The number of aromatic hydroxyl groups is 1. The second kappa shape index (κ2) is 6.59. The van der Waals surface area contributed by atoms with Crippen molar-refractivity contribution in [3.63, 3.8) is 0 Å². The molecule has 1 aliphatic rings. The molecular weight excluding hydrogens is 380 g/mol. The number of aromatic amines is 1. The van der Waals surface area contributed by atoms with Gasteiger partial charge in [-0.15, -0.1) is 0 Å². The van der Waals surface area contributed by atoms with Gasteiger partial charge in [0.05, 0.1) is 11.8 Å². The summed E-state index contributed by atoms with van der Waals surface area (Å²) in [6.45, 7) is 2.06. The third-order valence-corrected chi connectivity index (χ3v) is 7.06. The lowest BCUT2D eigenvalue weighted by Gasteiger charge is -2.22. The molecule has 1 aromatic carbocycles. The van der Waals surface area contributed by atoms with Crippen LogP contribution in [0.15, 0.2) is 30.6 Å². The fourth-order valence-corrected chi connectivity index (χ4v) is 5.43. The number of H-pyrrole nitrogens is 1. The summed E-state index contributed by atoms with van der Waals surface area (Å²) in [5, 5.41) is 22.4. The maximum absolute atomic E-state index is 10.5. The molecule has 1 atom stereocenters. The number of thiazole rings is 2. The van der Waals surface area contributed by atoms with Crippen LogP contribution in [0.4, 0.5) is 5.13 Å². The van der Waals surface area contributed by atoms with Gasteiger partial charge >= 0.3 is 0 Å². The molecule has 0 unspecified atom stereocenters. The zero-order valence-corrected chi connectivity index (χ0v) is 16.3. The van der Waals surface area contributed by atoms with Gasteiger partial charge in [-0.2, -0.15) is 5.10 Å². The average molecular weight is 399 g/mol. The normalized spacial score (nSPS) is 17.0. The number of benzene rings is 1. The average Bonchev–Trinajstić information content (AvgIpc) is 3.45. The Bertz CT molecular complexity index is 1050. The Kier molecular flexibility index (Phi) is 4.07. The summed E-state index contributed by atoms with van der Waals surface area (Å²) < 4.78 is 0. The number of phenols is 1. The van der Waals surface area contributed by atoms with E-state index in [9.17, 15) is 5.11 Å². The molecule has 5 rings (SSSR count). The Morgan fingerprint density at radius 3 is 2.78 bits per heavy atom. The van der Waals surface area contributed by atoms with Crippen molar-refractivity contribution in [1.82, 2.24) is 25.5 Å². The third kappa shape index (κ3) is 2.97. The van der Waals surface area contributed by atoms with Crippen molar-refractivity contribution in [1.29, 1.82) is 0 Å². The molecule has 0 radical (unpaired) electrons. The summed E-state index contributed by atoms with van der Waals surface area (Å²) >= 11 is 3.12. The van der Waals surface area contributed by atoms with E-state index >= 15 is 0 Å². The molecule has 3 aromatic heterocycles. The van der Waals surface area contributed by atoms with Crippen molar-refractivity contribution in [2.75, 3.05) is 25.0 Å². The van der Waals surface area contributed by atoms with Gasteiger partial charge < -0.3 is 15.3 Å². The number of fused-ring (bicyclic) bond motifs is 1. The van der Waals surface area contributed by atoms with Crippen LogP contribution >= 0.6 is 22.7 Å². The predicted octanol–water partition coefficient (Wildman–Crippen LogP) is 3.31. The van der Waals surface area contributed by atoms with Crippen LogP contribution in [0.5, 0.6) is 5.75 Å². The smallest absolute Gasteiger partial charge is 0.188 e. The first kappa shape index (κ1) is 16.7. The Balaban J connectivity index is 1.44. The molecule has 0 saturated carbocycles. The summed E-state index contributed by atoms with van der Waals surface area (Å²) in [5.41, 5.74) is 2.58. The highest BCUT2D eigenvalue weighted by Gasteiger charge is 2.23. The molecule has 0 spiro atoms. The van der Waals surface area contributed by atoms with Crippen molar-refractivity contribution in [2.45, 2.75) is 12.5 Å². The first-order valence-electron chi connectivity index (χ1n) is 8.72. The maximum Gasteiger partial charge on any atom is 0.188 e. The first-order chi connectivity index (χ1) is 13.2. The van der Waals surface area contributed by atoms with E-state index in [2.05, 4.69) is 27.5 Å². The number of nitrogens with zero attached hydrogens (tertiary/aromatic N) is 4. The minimum absolute atomic E-state index is 0.212. The molecule has 0 aliphatic carbocycles. The van der Waals surface area contributed by atoms with Gasteiger partial charge in [-0.3, -0.25) is 5.10 Å². The monoisotopic (exact) mass is 398 g/mol. The van der Waals surface area contributed by atoms with E-state index in [1.54, 1.807) is 29.8 Å². The first-order valence-corrected chi connectivity index (χ1v) is 10.4. The number of phenolic OH excluding ortho intramolecular Hbond substituents is 1. The molecule has 4 aromatic rings. The van der Waals surface area contributed by atoms with Crippen molar-refractivity contribution >= 4 is 37.5 Å². The van der Waals surface area contributed by atoms with Crippen molar-refractivity contribution < 1.29 is 5.11 Å². The molecule has 4 heterocycles. The van der Waals surface area contributed by atoms with Crippen LogP contribution in [0.2, 0.25) is 0 Å². The standard InChI is InChI=1S/C18H18N6OS2/c1-24(12-4-5-19-9-12)18-23-17-16(27-18)22-15(26-17)13-3-2-10(6-14(13)25)11-7-20-21-8-11/h2-3,6-8,12,19,25H,4-5,9H2,1H3,(H,20,21)/t12-/m1/s1. The fourth-order valence-electron chi connectivity index (χ4n) is 3.32. The Labute approximate surface area is 163 Å². The molecular formula is C18H18N6OS2. The number of hydrogen-bond acceptors (Lipinski definition) is 8. The zero-order valence-electron chi connectivity index (χ0n) is 14.6. The number of anilines is 1. The van der Waals surface area contributed by atoms with Crippen molar-refractivity contribution in [3.8, 4) is 27.4 Å². The molecule has 3 N–H and O–H groups in total. The maximum atomic E-state index is 10.5. The van der Waals surface area contributed by atoms with E-state index in [0.717, 1.165) is 56.0 Å². The number of rotatable bonds is 4. The van der Waals surface area contributed by atoms with Crippen LogP contribution in [-0.2, 0) is 0 Å². The van der Waals surface area contributed by atoms with Gasteiger partial charge in [0.25, 0.3) is 0 Å². The van der Waals surface area contributed by atoms with Gasteiger partial charge in [0.1, 0.15) is 10.8 Å². The molecule has 0 amide bonds. The number of nitrogens with one attached hydrogen (secondary N) is 2. The largest absolute Gasteiger partial charge is 0.507 e. The van der Waals surface area contributed by atoms with Crippen molar-refractivity contribution in [2.24, 2.45) is 0 Å². The Morgan fingerprint density at radius 1 is 1.19 bits per heavy atom. The molecule has 1 fully saturated rings. The van der Waals surface area contributed by atoms with Crippen LogP contribution in [0.1, 0.15) is 6.42 Å². The summed E-state index contributed by atoms with van der Waals surface area (Å²) in [7, 11) is 2.10. The van der Waals surface area contributed by atoms with Crippen LogP contribution in [0.3, 0.4) is 0 Å². The molecule has 1 aliphatic heterocycles. The topological polar surface area (TPSA) is 90.0 Å². The summed E-state index contributed by atoms with van der Waals surface area (Å²) in [4.78, 5) is 13.6. The molecule has 27 heavy (non-hydrogen) atoms. The van der Waals surface area contributed by atoms with Gasteiger partial charge in [0.15, 0.2) is 14.8 Å². The molecule has 0 bridgehead atoms. The highest BCUT2D eigenvalue weighted by Crippen LogP contribution is 2.40. The molecule has 9 heteroatoms. The van der Waals surface area contributed by atoms with E-state index in [1.165, 1.54) is 11.3 Å². The Hall–Kier alpha value is -2.49. The quantitative estimate of drug-likeness (QED) is 0.489. The number of hydrogen-bond donors (Lipinski definition) is 3. The highest BCUT2D eigenvalue weighted by molar-refractivity contribution is 7.29. The lowest BCUT2D eigenvalue weighted by Crippen LogP contribution is -2.33. The fraction of sp³-hybridized carbons (Fsp3) is 0.278. The van der Waals surface area contributed by atoms with Gasteiger partial charge in [-0.05, 0) is 30.7 Å². The minimum atomic E-state index is 0.212. The SMILES string of the molecule is CN(c1nc2sc(-c3ccc(-c4cn[nH]c4)cc3O)nc2s1)[C@@H]1CCNC1. The van der Waals surface area contributed by atoms with Crippen LogP contribution < -0.4 is 10.2 Å². The van der Waals surface area contributed by atoms with Crippen LogP contribution in [0, 0.1) is 0 Å². The van der Waals surface area contributed by atoms with E-state index in [0.29, 0.717) is 6.04 Å². The van der Waals surface area contributed by atoms with Gasteiger partial charge in [0.2, 0.25) is 0 Å². The van der Waals surface area contributed by atoms with Gasteiger partial charge in [-0.1, -0.05) is 28.7 Å². The molecule has 7 nitrogen and oxygen atoms in total. The van der Waals surface area contributed by atoms with Crippen LogP contribution in [0.25, 0.3) is 31.4 Å². The minimum Gasteiger partial charge on any atom is -0.507 e. The zero-order chi connectivity index (χ0) is 18.4. The summed E-state index contributed by atoms with van der Waals surface area (Å²) in [5.74, 6) is 0.212. The van der Waals surface area contributed by atoms with E-state index in [4.69, 9.17) is 9.97 Å². The summed E-state index contributed by atoms with van der Waals surface area (Å²) in [6, 6.07) is 6.10. The highest BCUT2D eigenvalue weighted by atomic mass is 32.1. The van der Waals surface area contributed by atoms with E-state index in [-0.39, 0.29) is 5.75 Å². The lowest BCUT2D eigenvalue weighted by atomic mass is 10.1.